The molecule has 3 rings (SSSR count). The number of nitrogens with zero attached hydrogens (tertiary/aromatic N) is 3. The van der Waals surface area contributed by atoms with Crippen molar-refractivity contribution in [3.63, 3.8) is 0 Å². The quantitative estimate of drug-likeness (QED) is 0.358. The topological polar surface area (TPSA) is 70.7 Å². The predicted octanol–water partition coefficient (Wildman–Crippen LogP) is 4.82. The smallest absolute Gasteiger partial charge is 0.284 e. The van der Waals surface area contributed by atoms with Gasteiger partial charge in [-0.25, -0.2) is 13.8 Å². The molecule has 3 aromatic rings. The highest BCUT2D eigenvalue weighted by Gasteiger charge is 2.05. The lowest BCUT2D eigenvalue weighted by Gasteiger charge is -2.06. The van der Waals surface area contributed by atoms with Gasteiger partial charge in [-0.1, -0.05) is 24.3 Å². The number of nitrogens with one attached hydrogen (secondary N) is 1. The lowest BCUT2D eigenvalue weighted by Crippen LogP contribution is -2.22. The van der Waals surface area contributed by atoms with Gasteiger partial charge in [-0.3, -0.25) is 4.79 Å². The molecule has 158 valence electrons. The third-order valence-electron chi connectivity index (χ3n) is 3.62. The first-order valence-electron chi connectivity index (χ1n) is 8.38. The molecule has 0 bridgehead atoms. The number of aromatic nitrogens is 2. The van der Waals surface area contributed by atoms with E-state index in [9.17, 15) is 13.6 Å². The van der Waals surface area contributed by atoms with Crippen LogP contribution in [0.15, 0.2) is 68.7 Å². The van der Waals surface area contributed by atoms with Crippen LogP contribution >= 0.6 is 44.3 Å². The average molecular weight is 563 g/mol. The second-order valence-electron chi connectivity index (χ2n) is 5.80. The van der Waals surface area contributed by atoms with Crippen molar-refractivity contribution in [2.24, 2.45) is 0 Å². The van der Waals surface area contributed by atoms with E-state index in [1.807, 2.05) is 6.07 Å². The summed E-state index contributed by atoms with van der Waals surface area (Å²) >= 11 is 6.30. The molecule has 0 fully saturated rings. The Bertz CT molecular complexity index is 1040. The third kappa shape index (κ3) is 8.71. The highest BCUT2D eigenvalue weighted by molar-refractivity contribution is 9.11. The van der Waals surface area contributed by atoms with E-state index in [1.165, 1.54) is 28.8 Å². The highest BCUT2D eigenvalue weighted by atomic mass is 79.9. The maximum atomic E-state index is 12.7. The van der Waals surface area contributed by atoms with Gasteiger partial charge < -0.3 is 9.88 Å². The van der Waals surface area contributed by atoms with Gasteiger partial charge in [0.25, 0.3) is 5.56 Å². The van der Waals surface area contributed by atoms with E-state index >= 15 is 0 Å². The van der Waals surface area contributed by atoms with Gasteiger partial charge in [0.1, 0.15) is 16.2 Å². The van der Waals surface area contributed by atoms with E-state index < -0.39 is 0 Å². The number of nitriles is 1. The molecule has 0 unspecified atom stereocenters. The Morgan fingerprint density at radius 1 is 1.00 bits per heavy atom. The molecule has 1 heterocycles. The Hall–Kier alpha value is -2.12. The van der Waals surface area contributed by atoms with Crippen LogP contribution in [0.3, 0.4) is 0 Å². The number of hydrogen-bond acceptors (Lipinski definition) is 4. The molecule has 10 heteroatoms. The van der Waals surface area contributed by atoms with Crippen molar-refractivity contribution in [2.45, 2.75) is 13.1 Å². The Balaban J connectivity index is 0.000000308. The summed E-state index contributed by atoms with van der Waals surface area (Å²) in [5.74, 6) is -0.530. The van der Waals surface area contributed by atoms with Crippen molar-refractivity contribution in [3.8, 4) is 6.07 Å². The van der Waals surface area contributed by atoms with Crippen molar-refractivity contribution in [3.05, 3.63) is 97.0 Å². The molecule has 0 aliphatic rings. The average Bonchev–Trinajstić information content (AvgIpc) is 2.70. The van der Waals surface area contributed by atoms with E-state index in [4.69, 9.17) is 5.26 Å². The largest absolute Gasteiger partial charge is 0.306 e. The van der Waals surface area contributed by atoms with Gasteiger partial charge in [0.15, 0.2) is 4.60 Å². The minimum absolute atomic E-state index is 0. The Morgan fingerprint density at radius 3 is 2.07 bits per heavy atom. The van der Waals surface area contributed by atoms with Crippen LogP contribution in [-0.4, -0.2) is 16.1 Å². The number of benzene rings is 2. The van der Waals surface area contributed by atoms with Crippen LogP contribution in [0.1, 0.15) is 11.1 Å². The summed E-state index contributed by atoms with van der Waals surface area (Å²) in [6, 6.07) is 14.2. The number of hydrogen-bond donors (Lipinski definition) is 1. The SMILES string of the molecule is Cl.N#CCNCc1ccc(F)cc1.O=c1c(Br)nc(Br)cn1Cc1ccc(F)cc1. The van der Waals surface area contributed by atoms with Crippen LogP contribution in [0.2, 0.25) is 0 Å². The zero-order chi connectivity index (χ0) is 21.2. The van der Waals surface area contributed by atoms with Gasteiger partial charge in [0, 0.05) is 12.7 Å². The molecule has 30 heavy (non-hydrogen) atoms. The molecule has 0 amide bonds. The molecule has 1 aromatic heterocycles. The zero-order valence-corrected chi connectivity index (χ0v) is 19.5. The highest BCUT2D eigenvalue weighted by Crippen LogP contribution is 2.10. The van der Waals surface area contributed by atoms with Crippen LogP contribution < -0.4 is 10.9 Å². The molecule has 0 atom stereocenters. The minimum Gasteiger partial charge on any atom is -0.306 e. The Morgan fingerprint density at radius 2 is 1.53 bits per heavy atom. The van der Waals surface area contributed by atoms with Crippen molar-refractivity contribution in [1.29, 1.82) is 5.26 Å². The first-order chi connectivity index (χ1) is 13.9. The summed E-state index contributed by atoms with van der Waals surface area (Å²) in [4.78, 5) is 15.7. The fourth-order valence-corrected chi connectivity index (χ4v) is 3.33. The molecule has 0 aliphatic heterocycles. The number of halogens is 5. The lowest BCUT2D eigenvalue weighted by molar-refractivity contribution is 0.625. The summed E-state index contributed by atoms with van der Waals surface area (Å²) in [6.07, 6.45) is 1.59. The minimum atomic E-state index is -0.293. The molecule has 5 nitrogen and oxygen atoms in total. The van der Waals surface area contributed by atoms with Gasteiger partial charge in [0.2, 0.25) is 0 Å². The van der Waals surface area contributed by atoms with Crippen molar-refractivity contribution in [2.75, 3.05) is 6.54 Å². The van der Waals surface area contributed by atoms with Crippen molar-refractivity contribution < 1.29 is 8.78 Å². The van der Waals surface area contributed by atoms with Crippen LogP contribution in [0.4, 0.5) is 8.78 Å². The van der Waals surface area contributed by atoms with Crippen molar-refractivity contribution >= 4 is 44.3 Å². The van der Waals surface area contributed by atoms with Crippen LogP contribution in [0.25, 0.3) is 0 Å². The van der Waals surface area contributed by atoms with Crippen LogP contribution in [0, 0.1) is 23.0 Å². The normalized spacial score (nSPS) is 9.70. The molecule has 0 saturated carbocycles. The Labute approximate surface area is 195 Å². The zero-order valence-electron chi connectivity index (χ0n) is 15.5. The maximum Gasteiger partial charge on any atom is 0.284 e. The van der Waals surface area contributed by atoms with E-state index in [-0.39, 0.29) is 34.2 Å². The second kappa shape index (κ2) is 13.2. The summed E-state index contributed by atoms with van der Waals surface area (Å²) in [5, 5.41) is 11.1. The van der Waals surface area contributed by atoms with Gasteiger partial charge in [-0.2, -0.15) is 5.26 Å². The van der Waals surface area contributed by atoms with Gasteiger partial charge >= 0.3 is 0 Å². The molecule has 0 spiro atoms. The van der Waals surface area contributed by atoms with Gasteiger partial charge in [-0.15, -0.1) is 12.4 Å². The predicted molar refractivity (Wildman–Crippen MR) is 120 cm³/mol. The summed E-state index contributed by atoms with van der Waals surface area (Å²) in [5.41, 5.74) is 1.60. The summed E-state index contributed by atoms with van der Waals surface area (Å²) in [7, 11) is 0. The molecule has 0 radical (unpaired) electrons. The van der Waals surface area contributed by atoms with E-state index in [0.717, 1.165) is 11.1 Å². The van der Waals surface area contributed by atoms with Crippen molar-refractivity contribution in [1.82, 2.24) is 14.9 Å². The molecule has 0 aliphatic carbocycles. The monoisotopic (exact) mass is 560 g/mol. The van der Waals surface area contributed by atoms with E-state index in [2.05, 4.69) is 42.2 Å². The third-order valence-corrected chi connectivity index (χ3v) is 4.52. The van der Waals surface area contributed by atoms with Gasteiger partial charge in [0.05, 0.1) is 19.2 Å². The van der Waals surface area contributed by atoms with Crippen LogP contribution in [-0.2, 0) is 13.1 Å². The fourth-order valence-electron chi connectivity index (χ4n) is 2.25. The fraction of sp³-hybridized carbons (Fsp3) is 0.150. The maximum absolute atomic E-state index is 12.7. The van der Waals surface area contributed by atoms with Crippen LogP contribution in [0.5, 0.6) is 0 Å². The molecular formula is C20H17Br2ClF2N4O. The first kappa shape index (κ1) is 25.9. The lowest BCUT2D eigenvalue weighted by atomic mass is 10.2. The van der Waals surface area contributed by atoms with E-state index in [1.54, 1.807) is 30.5 Å². The summed E-state index contributed by atoms with van der Waals surface area (Å²) in [6.45, 7) is 1.30. The standard InChI is InChI=1S/C11H7Br2FN2O.C9H9FN2.ClH/c12-9-6-16(11(17)10(13)15-9)5-7-1-3-8(14)4-2-7;10-9-3-1-8(2-4-9)7-12-6-5-11;/h1-4,6H,5H2;1-4,12H,6-7H2;1H. The second-order valence-corrected chi connectivity index (χ2v) is 7.37. The Kier molecular flexibility index (Phi) is 11.4. The molecule has 0 saturated heterocycles. The van der Waals surface area contributed by atoms with Gasteiger partial charge in [-0.05, 0) is 67.3 Å². The van der Waals surface area contributed by atoms with E-state index in [0.29, 0.717) is 24.2 Å². The first-order valence-corrected chi connectivity index (χ1v) is 9.96. The molecular weight excluding hydrogens is 546 g/mol. The summed E-state index contributed by atoms with van der Waals surface area (Å²) < 4.78 is 27.4. The number of rotatable bonds is 5. The molecule has 2 aromatic carbocycles. The molecule has 1 N–H and O–H groups in total.